The Kier molecular flexibility index (Phi) is 3.41. The van der Waals surface area contributed by atoms with Crippen LogP contribution in [0.4, 0.5) is 4.39 Å². The highest BCUT2D eigenvalue weighted by atomic mass is 19.1. The van der Waals surface area contributed by atoms with Crippen LogP contribution in [0.25, 0.3) is 22.3 Å². The number of rotatable bonds is 5. The van der Waals surface area contributed by atoms with Crippen molar-refractivity contribution in [3.63, 3.8) is 0 Å². The summed E-state index contributed by atoms with van der Waals surface area (Å²) in [6.07, 6.45) is 3.98. The Morgan fingerprint density at radius 2 is 2.26 bits per heavy atom. The molecular weight excluding hydrogens is 295 g/mol. The van der Waals surface area contributed by atoms with Crippen molar-refractivity contribution in [1.29, 1.82) is 0 Å². The molecular formula is C17H19FN4O. The molecule has 120 valence electrons. The van der Waals surface area contributed by atoms with Crippen LogP contribution < -0.4 is 0 Å². The van der Waals surface area contributed by atoms with Crippen molar-refractivity contribution in [2.45, 2.75) is 38.8 Å². The minimum Gasteiger partial charge on any atom is -0.371 e. The van der Waals surface area contributed by atoms with Crippen LogP contribution in [-0.4, -0.2) is 26.4 Å². The van der Waals surface area contributed by atoms with E-state index in [1.807, 2.05) is 24.7 Å². The van der Waals surface area contributed by atoms with Gasteiger partial charge in [0.2, 0.25) is 0 Å². The van der Waals surface area contributed by atoms with Crippen LogP contribution in [0.1, 0.15) is 44.7 Å². The minimum absolute atomic E-state index is 0.138. The summed E-state index contributed by atoms with van der Waals surface area (Å²) in [5.41, 5.74) is 1.72. The number of ether oxygens (including phenoxy) is 1. The maximum atomic E-state index is 13.4. The van der Waals surface area contributed by atoms with E-state index in [-0.39, 0.29) is 11.9 Å². The molecule has 1 unspecified atom stereocenters. The van der Waals surface area contributed by atoms with Gasteiger partial charge in [-0.25, -0.2) is 14.1 Å². The first-order valence-corrected chi connectivity index (χ1v) is 8.02. The molecule has 0 aliphatic heterocycles. The number of nitrogens with zero attached hydrogens (tertiary/aromatic N) is 3. The lowest BCUT2D eigenvalue weighted by Crippen LogP contribution is -2.03. The highest BCUT2D eigenvalue weighted by Crippen LogP contribution is 2.39. The van der Waals surface area contributed by atoms with Gasteiger partial charge in [-0.3, -0.25) is 0 Å². The molecule has 1 N–H and O–H groups in total. The zero-order valence-electron chi connectivity index (χ0n) is 13.2. The van der Waals surface area contributed by atoms with Gasteiger partial charge in [0.15, 0.2) is 11.6 Å². The van der Waals surface area contributed by atoms with Gasteiger partial charge in [0, 0.05) is 29.3 Å². The number of fused-ring (bicyclic) bond motifs is 1. The van der Waals surface area contributed by atoms with Gasteiger partial charge >= 0.3 is 0 Å². The molecule has 1 aliphatic rings. The fourth-order valence-electron chi connectivity index (χ4n) is 2.88. The molecule has 2 heterocycles. The molecule has 1 fully saturated rings. The summed E-state index contributed by atoms with van der Waals surface area (Å²) in [5.74, 6) is 1.28. The third-order valence-corrected chi connectivity index (χ3v) is 4.21. The molecule has 6 heteroatoms. The molecule has 0 bridgehead atoms. The third kappa shape index (κ3) is 2.53. The second kappa shape index (κ2) is 5.45. The fourth-order valence-corrected chi connectivity index (χ4v) is 2.88. The van der Waals surface area contributed by atoms with Crippen molar-refractivity contribution in [2.75, 3.05) is 6.61 Å². The predicted molar refractivity (Wildman–Crippen MR) is 85.6 cm³/mol. The van der Waals surface area contributed by atoms with Gasteiger partial charge in [-0.2, -0.15) is 5.10 Å². The van der Waals surface area contributed by atoms with Crippen molar-refractivity contribution >= 4 is 10.9 Å². The Morgan fingerprint density at radius 3 is 3.00 bits per heavy atom. The first kappa shape index (κ1) is 14.4. The number of nitrogens with one attached hydrogen (secondary N) is 1. The maximum absolute atomic E-state index is 13.4. The lowest BCUT2D eigenvalue weighted by molar-refractivity contribution is 0.0699. The van der Waals surface area contributed by atoms with Crippen molar-refractivity contribution in [3.05, 3.63) is 36.0 Å². The van der Waals surface area contributed by atoms with E-state index in [1.165, 1.54) is 12.1 Å². The minimum atomic E-state index is -0.250. The summed E-state index contributed by atoms with van der Waals surface area (Å²) in [4.78, 5) is 7.84. The van der Waals surface area contributed by atoms with E-state index in [1.54, 1.807) is 6.07 Å². The van der Waals surface area contributed by atoms with Crippen LogP contribution in [0.3, 0.4) is 0 Å². The third-order valence-electron chi connectivity index (χ3n) is 4.21. The summed E-state index contributed by atoms with van der Waals surface area (Å²) in [5, 5.41) is 5.62. The highest BCUT2D eigenvalue weighted by molar-refractivity contribution is 5.93. The van der Waals surface area contributed by atoms with Crippen molar-refractivity contribution < 1.29 is 9.13 Å². The van der Waals surface area contributed by atoms with Gasteiger partial charge in [0.05, 0.1) is 6.04 Å². The SMILES string of the molecule is CCOC(C)c1nc(-c2c[nH]c3cc(F)ccc23)n(C2CC2)n1. The summed E-state index contributed by atoms with van der Waals surface area (Å²) >= 11 is 0. The van der Waals surface area contributed by atoms with Crippen LogP contribution in [0.5, 0.6) is 0 Å². The van der Waals surface area contributed by atoms with Crippen molar-refractivity contribution in [2.24, 2.45) is 0 Å². The number of halogens is 1. The van der Waals surface area contributed by atoms with E-state index < -0.39 is 0 Å². The first-order chi connectivity index (χ1) is 11.2. The normalized spacial score (nSPS) is 16.1. The zero-order chi connectivity index (χ0) is 16.0. The largest absolute Gasteiger partial charge is 0.371 e. The second-order valence-corrected chi connectivity index (χ2v) is 5.96. The first-order valence-electron chi connectivity index (χ1n) is 8.02. The van der Waals surface area contributed by atoms with Crippen LogP contribution in [0.2, 0.25) is 0 Å². The van der Waals surface area contributed by atoms with E-state index in [0.29, 0.717) is 18.5 Å². The smallest absolute Gasteiger partial charge is 0.179 e. The number of H-pyrrole nitrogens is 1. The van der Waals surface area contributed by atoms with Gasteiger partial charge in [0.25, 0.3) is 0 Å². The topological polar surface area (TPSA) is 55.7 Å². The monoisotopic (exact) mass is 314 g/mol. The summed E-state index contributed by atoms with van der Waals surface area (Å²) < 4.78 is 21.0. The Labute approximate surface area is 133 Å². The Hall–Kier alpha value is -2.21. The van der Waals surface area contributed by atoms with E-state index in [4.69, 9.17) is 9.72 Å². The molecule has 1 aromatic carbocycles. The highest BCUT2D eigenvalue weighted by Gasteiger charge is 2.30. The van der Waals surface area contributed by atoms with Crippen molar-refractivity contribution in [3.8, 4) is 11.4 Å². The van der Waals surface area contributed by atoms with Gasteiger partial charge < -0.3 is 9.72 Å². The molecule has 1 atom stereocenters. The van der Waals surface area contributed by atoms with Crippen molar-refractivity contribution in [1.82, 2.24) is 19.7 Å². The molecule has 3 aromatic rings. The molecule has 0 saturated heterocycles. The van der Waals surface area contributed by atoms with E-state index in [0.717, 1.165) is 35.1 Å². The van der Waals surface area contributed by atoms with E-state index >= 15 is 0 Å². The molecule has 0 radical (unpaired) electrons. The molecule has 4 rings (SSSR count). The summed E-state index contributed by atoms with van der Waals surface area (Å²) in [6, 6.07) is 5.17. The number of aromatic amines is 1. The Balaban J connectivity index is 1.83. The lowest BCUT2D eigenvalue weighted by Gasteiger charge is -2.05. The standard InChI is InChI=1S/C17H19FN4O/c1-3-23-10(2)16-20-17(22(21-16)12-5-6-12)14-9-19-15-8-11(18)4-7-13(14)15/h4,7-10,12,19H,3,5-6H2,1-2H3. The summed E-state index contributed by atoms with van der Waals surface area (Å²) in [6.45, 7) is 4.55. The second-order valence-electron chi connectivity index (χ2n) is 5.96. The predicted octanol–water partition coefficient (Wildman–Crippen LogP) is 4.00. The van der Waals surface area contributed by atoms with Crippen LogP contribution >= 0.6 is 0 Å². The van der Waals surface area contributed by atoms with Crippen LogP contribution in [0, 0.1) is 5.82 Å². The lowest BCUT2D eigenvalue weighted by atomic mass is 10.1. The molecule has 5 nitrogen and oxygen atoms in total. The van der Waals surface area contributed by atoms with Gasteiger partial charge in [-0.05, 0) is 44.9 Å². The van der Waals surface area contributed by atoms with Gasteiger partial charge in [-0.1, -0.05) is 0 Å². The average Bonchev–Trinajstić information content (AvgIpc) is 3.15. The van der Waals surface area contributed by atoms with Crippen LogP contribution in [-0.2, 0) is 4.74 Å². The number of hydrogen-bond acceptors (Lipinski definition) is 3. The quantitative estimate of drug-likeness (QED) is 0.774. The Bertz CT molecular complexity index is 850. The Morgan fingerprint density at radius 1 is 1.43 bits per heavy atom. The molecule has 1 aliphatic carbocycles. The van der Waals surface area contributed by atoms with E-state index in [9.17, 15) is 4.39 Å². The average molecular weight is 314 g/mol. The van der Waals surface area contributed by atoms with E-state index in [2.05, 4.69) is 10.1 Å². The molecule has 0 spiro atoms. The zero-order valence-corrected chi connectivity index (χ0v) is 13.2. The van der Waals surface area contributed by atoms with Gasteiger partial charge in [-0.15, -0.1) is 0 Å². The number of benzene rings is 1. The molecule has 1 saturated carbocycles. The number of hydrogen-bond donors (Lipinski definition) is 1. The van der Waals surface area contributed by atoms with Crippen LogP contribution in [0.15, 0.2) is 24.4 Å². The number of aromatic nitrogens is 4. The molecule has 2 aromatic heterocycles. The molecule has 0 amide bonds. The maximum Gasteiger partial charge on any atom is 0.179 e. The fraction of sp³-hybridized carbons (Fsp3) is 0.412. The van der Waals surface area contributed by atoms with Gasteiger partial charge in [0.1, 0.15) is 11.9 Å². The summed E-state index contributed by atoms with van der Waals surface area (Å²) in [7, 11) is 0. The molecule has 23 heavy (non-hydrogen) atoms.